The van der Waals surface area contributed by atoms with Gasteiger partial charge in [0.15, 0.2) is 0 Å². The van der Waals surface area contributed by atoms with Gasteiger partial charge in [0.1, 0.15) is 17.2 Å². The van der Waals surface area contributed by atoms with Gasteiger partial charge < -0.3 is 24.4 Å². The van der Waals surface area contributed by atoms with Gasteiger partial charge in [0.05, 0.1) is 20.1 Å². The molecule has 0 bridgehead atoms. The highest BCUT2D eigenvalue weighted by atomic mass is 16.5. The van der Waals surface area contributed by atoms with Crippen molar-refractivity contribution in [3.05, 3.63) is 54.1 Å². The Morgan fingerprint density at radius 2 is 1.61 bits per heavy atom. The zero-order chi connectivity index (χ0) is 19.9. The third kappa shape index (κ3) is 4.94. The summed E-state index contributed by atoms with van der Waals surface area (Å²) in [7, 11) is 1.59. The van der Waals surface area contributed by atoms with Crippen molar-refractivity contribution in [1.82, 2.24) is 9.80 Å². The summed E-state index contributed by atoms with van der Waals surface area (Å²) in [4.78, 5) is 28.3. The number of piperazine rings is 1. The van der Waals surface area contributed by atoms with Crippen LogP contribution in [0.15, 0.2) is 48.5 Å². The third-order valence-electron chi connectivity index (χ3n) is 4.66. The van der Waals surface area contributed by atoms with Crippen LogP contribution in [0.4, 0.5) is 0 Å². The van der Waals surface area contributed by atoms with Crippen LogP contribution < -0.4 is 9.47 Å². The lowest BCUT2D eigenvalue weighted by Gasteiger charge is -2.34. The van der Waals surface area contributed by atoms with Gasteiger partial charge in [0.25, 0.3) is 5.91 Å². The van der Waals surface area contributed by atoms with Gasteiger partial charge in [-0.1, -0.05) is 6.07 Å². The molecule has 1 heterocycles. The maximum atomic E-state index is 12.5. The van der Waals surface area contributed by atoms with Crippen LogP contribution in [0.1, 0.15) is 16.8 Å². The predicted molar refractivity (Wildman–Crippen MR) is 104 cm³/mol. The fraction of sp³-hybridized carbons (Fsp3) is 0.333. The molecule has 1 saturated heterocycles. The lowest BCUT2D eigenvalue weighted by atomic mass is 10.1. The Morgan fingerprint density at radius 1 is 0.964 bits per heavy atom. The van der Waals surface area contributed by atoms with Crippen molar-refractivity contribution in [2.24, 2.45) is 0 Å². The average Bonchev–Trinajstić information content (AvgIpc) is 2.74. The summed E-state index contributed by atoms with van der Waals surface area (Å²) in [6.45, 7) is 2.27. The quantitative estimate of drug-likeness (QED) is 0.826. The SMILES string of the molecule is COc1cccc(OCCC(=O)N2CCN(C(=O)c3ccc(O)cc3)CC2)c1. The molecule has 1 aliphatic heterocycles. The molecule has 0 aromatic heterocycles. The van der Waals surface area contributed by atoms with E-state index in [0.29, 0.717) is 49.8 Å². The molecule has 0 aliphatic carbocycles. The summed E-state index contributed by atoms with van der Waals surface area (Å²) < 4.78 is 10.8. The third-order valence-corrected chi connectivity index (χ3v) is 4.66. The van der Waals surface area contributed by atoms with E-state index in [-0.39, 0.29) is 24.0 Å². The smallest absolute Gasteiger partial charge is 0.253 e. The number of carbonyl (C=O) groups is 2. The molecule has 1 aliphatic rings. The molecule has 1 fully saturated rings. The number of aromatic hydroxyl groups is 1. The first kappa shape index (κ1) is 19.5. The average molecular weight is 384 g/mol. The number of ether oxygens (including phenoxy) is 2. The van der Waals surface area contributed by atoms with Crippen molar-refractivity contribution in [2.45, 2.75) is 6.42 Å². The van der Waals surface area contributed by atoms with Crippen LogP contribution in [-0.4, -0.2) is 66.6 Å². The lowest BCUT2D eigenvalue weighted by Crippen LogP contribution is -2.50. The molecule has 7 heteroatoms. The molecular formula is C21H24N2O5. The van der Waals surface area contributed by atoms with Crippen LogP contribution in [0.5, 0.6) is 17.2 Å². The monoisotopic (exact) mass is 384 g/mol. The number of phenols is 1. The van der Waals surface area contributed by atoms with Crippen molar-refractivity contribution in [3.63, 3.8) is 0 Å². The first-order valence-electron chi connectivity index (χ1n) is 9.20. The molecule has 7 nitrogen and oxygen atoms in total. The van der Waals surface area contributed by atoms with Gasteiger partial charge in [-0.15, -0.1) is 0 Å². The largest absolute Gasteiger partial charge is 0.508 e. The maximum absolute atomic E-state index is 12.5. The maximum Gasteiger partial charge on any atom is 0.253 e. The molecule has 0 spiro atoms. The highest BCUT2D eigenvalue weighted by Crippen LogP contribution is 2.19. The molecular weight excluding hydrogens is 360 g/mol. The molecule has 0 saturated carbocycles. The zero-order valence-electron chi connectivity index (χ0n) is 15.8. The number of hydrogen-bond acceptors (Lipinski definition) is 5. The van der Waals surface area contributed by atoms with E-state index in [4.69, 9.17) is 9.47 Å². The van der Waals surface area contributed by atoms with E-state index in [2.05, 4.69) is 0 Å². The predicted octanol–water partition coefficient (Wildman–Crippen LogP) is 2.15. The van der Waals surface area contributed by atoms with Gasteiger partial charge in [-0.3, -0.25) is 9.59 Å². The van der Waals surface area contributed by atoms with Crippen LogP contribution in [0.2, 0.25) is 0 Å². The first-order chi connectivity index (χ1) is 13.6. The highest BCUT2D eigenvalue weighted by Gasteiger charge is 2.24. The normalized spacial score (nSPS) is 13.9. The van der Waals surface area contributed by atoms with E-state index in [1.54, 1.807) is 35.1 Å². The first-order valence-corrected chi connectivity index (χ1v) is 9.20. The zero-order valence-corrected chi connectivity index (χ0v) is 15.8. The van der Waals surface area contributed by atoms with Gasteiger partial charge in [0, 0.05) is 37.8 Å². The topological polar surface area (TPSA) is 79.3 Å². The summed E-state index contributed by atoms with van der Waals surface area (Å²) in [5.41, 5.74) is 0.532. The number of methoxy groups -OCH3 is 1. The molecule has 1 N–H and O–H groups in total. The summed E-state index contributed by atoms with van der Waals surface area (Å²) in [5, 5.41) is 9.33. The molecule has 2 amide bonds. The van der Waals surface area contributed by atoms with E-state index < -0.39 is 0 Å². The Balaban J connectivity index is 1.43. The Kier molecular flexibility index (Phi) is 6.37. The number of carbonyl (C=O) groups excluding carboxylic acids is 2. The van der Waals surface area contributed by atoms with E-state index in [1.807, 2.05) is 18.2 Å². The fourth-order valence-electron chi connectivity index (χ4n) is 3.05. The van der Waals surface area contributed by atoms with E-state index in [0.717, 1.165) is 0 Å². The standard InChI is InChI=1S/C21H24N2O5/c1-27-18-3-2-4-19(15-18)28-14-9-20(25)22-10-12-23(13-11-22)21(26)16-5-7-17(24)8-6-16/h2-8,15,24H,9-14H2,1H3. The molecule has 2 aromatic carbocycles. The van der Waals surface area contributed by atoms with Gasteiger partial charge in [-0.05, 0) is 36.4 Å². The van der Waals surface area contributed by atoms with E-state index >= 15 is 0 Å². The van der Waals surface area contributed by atoms with Crippen LogP contribution >= 0.6 is 0 Å². The molecule has 2 aromatic rings. The van der Waals surface area contributed by atoms with Gasteiger partial charge in [-0.25, -0.2) is 0 Å². The number of benzene rings is 2. The van der Waals surface area contributed by atoms with Crippen molar-refractivity contribution in [2.75, 3.05) is 39.9 Å². The second-order valence-corrected chi connectivity index (χ2v) is 6.50. The summed E-state index contributed by atoms with van der Waals surface area (Å²) >= 11 is 0. The van der Waals surface area contributed by atoms with Crippen molar-refractivity contribution < 1.29 is 24.2 Å². The Labute approximate surface area is 164 Å². The van der Waals surface area contributed by atoms with Crippen molar-refractivity contribution in [3.8, 4) is 17.2 Å². The Morgan fingerprint density at radius 3 is 2.29 bits per heavy atom. The van der Waals surface area contributed by atoms with Crippen LogP contribution in [-0.2, 0) is 4.79 Å². The van der Waals surface area contributed by atoms with Crippen LogP contribution in [0.3, 0.4) is 0 Å². The van der Waals surface area contributed by atoms with E-state index in [1.165, 1.54) is 12.1 Å². The minimum absolute atomic E-state index is 0.0135. The van der Waals surface area contributed by atoms with Crippen LogP contribution in [0.25, 0.3) is 0 Å². The number of rotatable bonds is 6. The van der Waals surface area contributed by atoms with E-state index in [9.17, 15) is 14.7 Å². The minimum atomic E-state index is -0.0894. The second kappa shape index (κ2) is 9.12. The molecule has 0 radical (unpaired) electrons. The highest BCUT2D eigenvalue weighted by molar-refractivity contribution is 5.94. The van der Waals surface area contributed by atoms with Gasteiger partial charge in [0.2, 0.25) is 5.91 Å². The number of nitrogens with zero attached hydrogens (tertiary/aromatic N) is 2. The number of amides is 2. The molecule has 0 unspecified atom stereocenters. The van der Waals surface area contributed by atoms with Crippen molar-refractivity contribution >= 4 is 11.8 Å². The van der Waals surface area contributed by atoms with Crippen molar-refractivity contribution in [1.29, 1.82) is 0 Å². The Bertz CT molecular complexity index is 814. The molecule has 3 rings (SSSR count). The number of hydrogen-bond donors (Lipinski definition) is 1. The summed E-state index contributed by atoms with van der Waals surface area (Å²) in [6.07, 6.45) is 0.281. The fourth-order valence-corrected chi connectivity index (χ4v) is 3.05. The van der Waals surface area contributed by atoms with Gasteiger partial charge in [-0.2, -0.15) is 0 Å². The minimum Gasteiger partial charge on any atom is -0.508 e. The van der Waals surface area contributed by atoms with Gasteiger partial charge >= 0.3 is 0 Å². The van der Waals surface area contributed by atoms with Crippen LogP contribution in [0, 0.1) is 0 Å². The molecule has 0 atom stereocenters. The molecule has 148 valence electrons. The summed E-state index contributed by atoms with van der Waals surface area (Å²) in [5.74, 6) is 1.42. The lowest BCUT2D eigenvalue weighted by molar-refractivity contribution is -0.133. The number of phenolic OH excluding ortho intramolecular Hbond substituents is 1. The molecule has 28 heavy (non-hydrogen) atoms. The summed E-state index contributed by atoms with van der Waals surface area (Å²) in [6, 6.07) is 13.5. The second-order valence-electron chi connectivity index (χ2n) is 6.50. The Hall–Kier alpha value is -3.22.